The number of benzene rings is 3. The predicted molar refractivity (Wildman–Crippen MR) is 119 cm³/mol. The van der Waals surface area contributed by atoms with E-state index in [0.29, 0.717) is 28.0 Å². The molecule has 0 saturated heterocycles. The zero-order chi connectivity index (χ0) is 20.7. The Bertz CT molecular complexity index is 1440. The van der Waals surface area contributed by atoms with E-state index in [0.717, 1.165) is 15.6 Å². The number of hydrogen-bond acceptors (Lipinski definition) is 5. The molecule has 2 heterocycles. The molecule has 3 aromatic carbocycles. The van der Waals surface area contributed by atoms with Crippen LogP contribution in [0.2, 0.25) is 0 Å². The van der Waals surface area contributed by atoms with Crippen molar-refractivity contribution in [2.24, 2.45) is 0 Å². The lowest BCUT2D eigenvalue weighted by molar-refractivity contribution is 0.430. The van der Waals surface area contributed by atoms with E-state index in [2.05, 4.69) is 31.2 Å². The molecule has 5 aromatic rings. The molecule has 0 bridgehead atoms. The molecule has 0 unspecified atom stereocenters. The van der Waals surface area contributed by atoms with Crippen LogP contribution in [0.1, 0.15) is 5.56 Å². The second-order valence-corrected chi connectivity index (χ2v) is 7.80. The molecule has 0 spiro atoms. The summed E-state index contributed by atoms with van der Waals surface area (Å²) in [5.74, 6) is 0.724. The van der Waals surface area contributed by atoms with Gasteiger partial charge in [-0.25, -0.2) is 0 Å². The third-order valence-corrected chi connectivity index (χ3v) is 5.29. The summed E-state index contributed by atoms with van der Waals surface area (Å²) in [5, 5.41) is 9.89. The number of halogens is 1. The van der Waals surface area contributed by atoms with Crippen molar-refractivity contribution in [3.05, 3.63) is 93.2 Å². The lowest BCUT2D eigenvalue weighted by Gasteiger charge is -2.09. The smallest absolute Gasteiger partial charge is 0.279 e. The van der Waals surface area contributed by atoms with Crippen LogP contribution in [-0.2, 0) is 0 Å². The van der Waals surface area contributed by atoms with Gasteiger partial charge in [0.2, 0.25) is 5.82 Å². The van der Waals surface area contributed by atoms with E-state index in [1.54, 1.807) is 6.07 Å². The van der Waals surface area contributed by atoms with Crippen LogP contribution in [0.25, 0.3) is 39.4 Å². The maximum Gasteiger partial charge on any atom is 0.279 e. The second kappa shape index (κ2) is 7.35. The molecule has 7 heteroatoms. The summed E-state index contributed by atoms with van der Waals surface area (Å²) in [4.78, 5) is 17.6. The Labute approximate surface area is 179 Å². The average molecular weight is 459 g/mol. The number of nitrogens with zero attached hydrogens (tertiary/aromatic N) is 4. The van der Waals surface area contributed by atoms with E-state index in [9.17, 15) is 4.79 Å². The van der Waals surface area contributed by atoms with E-state index in [1.165, 1.54) is 4.68 Å². The van der Waals surface area contributed by atoms with Crippen LogP contribution >= 0.6 is 15.9 Å². The zero-order valence-corrected chi connectivity index (χ0v) is 17.5. The lowest BCUT2D eigenvalue weighted by Crippen LogP contribution is -2.22. The van der Waals surface area contributed by atoms with Gasteiger partial charge in [0.15, 0.2) is 5.69 Å². The fourth-order valence-electron chi connectivity index (χ4n) is 3.27. The number of hydrogen-bond donors (Lipinski definition) is 0. The van der Waals surface area contributed by atoms with E-state index >= 15 is 0 Å². The summed E-state index contributed by atoms with van der Waals surface area (Å²) >= 11 is 3.45. The number of aryl methyl sites for hydroxylation is 1. The molecule has 0 aliphatic rings. The minimum Gasteiger partial charge on any atom is -0.332 e. The fourth-order valence-corrected chi connectivity index (χ4v) is 3.66. The highest BCUT2D eigenvalue weighted by Crippen LogP contribution is 2.27. The SMILES string of the molecule is Cc1ccc(-c2noc(-c3nn(-c4cccc(Br)c4)c(=O)c4ccccc34)n2)cc1. The molecular formula is C23H15BrN4O2. The highest BCUT2D eigenvalue weighted by atomic mass is 79.9. The van der Waals surface area contributed by atoms with Crippen LogP contribution in [0.3, 0.4) is 0 Å². The van der Waals surface area contributed by atoms with E-state index in [-0.39, 0.29) is 11.4 Å². The van der Waals surface area contributed by atoms with Crippen molar-refractivity contribution in [1.82, 2.24) is 19.9 Å². The van der Waals surface area contributed by atoms with Gasteiger partial charge in [-0.15, -0.1) is 0 Å². The molecule has 0 aliphatic carbocycles. The van der Waals surface area contributed by atoms with Crippen molar-refractivity contribution in [1.29, 1.82) is 0 Å². The topological polar surface area (TPSA) is 73.8 Å². The van der Waals surface area contributed by atoms with E-state index in [4.69, 9.17) is 4.52 Å². The van der Waals surface area contributed by atoms with Crippen LogP contribution in [0.4, 0.5) is 0 Å². The molecule has 2 aromatic heterocycles. The highest BCUT2D eigenvalue weighted by molar-refractivity contribution is 9.10. The zero-order valence-electron chi connectivity index (χ0n) is 15.9. The van der Waals surface area contributed by atoms with Crippen molar-refractivity contribution < 1.29 is 4.52 Å². The molecule has 0 fully saturated rings. The Morgan fingerprint density at radius 3 is 2.47 bits per heavy atom. The third kappa shape index (κ3) is 3.23. The fraction of sp³-hybridized carbons (Fsp3) is 0.0435. The molecule has 0 radical (unpaired) electrons. The molecule has 0 N–H and O–H groups in total. The van der Waals surface area contributed by atoms with Gasteiger partial charge < -0.3 is 4.52 Å². The van der Waals surface area contributed by atoms with E-state index in [1.807, 2.05) is 73.7 Å². The molecule has 0 aliphatic heterocycles. The van der Waals surface area contributed by atoms with Gasteiger partial charge in [-0.05, 0) is 31.2 Å². The van der Waals surface area contributed by atoms with E-state index < -0.39 is 0 Å². The van der Waals surface area contributed by atoms with Gasteiger partial charge in [0.25, 0.3) is 11.4 Å². The monoisotopic (exact) mass is 458 g/mol. The molecule has 0 saturated carbocycles. The summed E-state index contributed by atoms with van der Waals surface area (Å²) in [6.07, 6.45) is 0. The molecule has 5 rings (SSSR count). The summed E-state index contributed by atoms with van der Waals surface area (Å²) in [7, 11) is 0. The molecule has 146 valence electrons. The molecule has 30 heavy (non-hydrogen) atoms. The highest BCUT2D eigenvalue weighted by Gasteiger charge is 2.19. The van der Waals surface area contributed by atoms with Crippen LogP contribution in [-0.4, -0.2) is 19.9 Å². The summed E-state index contributed by atoms with van der Waals surface area (Å²) in [6.45, 7) is 2.02. The van der Waals surface area contributed by atoms with Gasteiger partial charge in [-0.3, -0.25) is 4.79 Å². The first kappa shape index (κ1) is 18.4. The molecule has 6 nitrogen and oxygen atoms in total. The van der Waals surface area contributed by atoms with Gasteiger partial charge in [0, 0.05) is 15.4 Å². The van der Waals surface area contributed by atoms with Crippen molar-refractivity contribution >= 4 is 26.7 Å². The Balaban J connectivity index is 1.72. The predicted octanol–water partition coefficient (Wildman–Crippen LogP) is 5.17. The Morgan fingerprint density at radius 2 is 1.70 bits per heavy atom. The largest absolute Gasteiger partial charge is 0.332 e. The number of fused-ring (bicyclic) bond motifs is 1. The minimum absolute atomic E-state index is 0.217. The first-order chi connectivity index (χ1) is 14.6. The summed E-state index contributed by atoms with van der Waals surface area (Å²) in [6, 6.07) is 22.6. The lowest BCUT2D eigenvalue weighted by atomic mass is 10.1. The standard InChI is InChI=1S/C23H15BrN4O2/c1-14-9-11-15(12-10-14)21-25-22(30-27-21)20-18-7-2-3-8-19(18)23(29)28(26-20)17-6-4-5-16(24)13-17/h2-13H,1H3. The summed E-state index contributed by atoms with van der Waals surface area (Å²) in [5.41, 5.74) is 2.87. The van der Waals surface area contributed by atoms with Gasteiger partial charge in [-0.2, -0.15) is 14.8 Å². The second-order valence-electron chi connectivity index (χ2n) is 6.88. The number of rotatable bonds is 3. The van der Waals surface area contributed by atoms with Crippen molar-refractivity contribution in [3.8, 4) is 28.7 Å². The van der Waals surface area contributed by atoms with Gasteiger partial charge >= 0.3 is 0 Å². The first-order valence-corrected chi connectivity index (χ1v) is 10.1. The minimum atomic E-state index is -0.217. The Hall–Kier alpha value is -3.58. The van der Waals surface area contributed by atoms with Gasteiger partial charge in [-0.1, -0.05) is 75.2 Å². The summed E-state index contributed by atoms with van der Waals surface area (Å²) < 4.78 is 7.76. The molecule has 0 amide bonds. The third-order valence-electron chi connectivity index (χ3n) is 4.80. The molecule has 0 atom stereocenters. The first-order valence-electron chi connectivity index (χ1n) is 9.29. The van der Waals surface area contributed by atoms with Gasteiger partial charge in [0.05, 0.1) is 11.1 Å². The van der Waals surface area contributed by atoms with Crippen molar-refractivity contribution in [2.75, 3.05) is 0 Å². The normalized spacial score (nSPS) is 11.1. The van der Waals surface area contributed by atoms with Crippen LogP contribution in [0, 0.1) is 6.92 Å². The van der Waals surface area contributed by atoms with Crippen molar-refractivity contribution in [2.45, 2.75) is 6.92 Å². The maximum atomic E-state index is 13.1. The van der Waals surface area contributed by atoms with Crippen LogP contribution in [0.15, 0.2) is 86.6 Å². The van der Waals surface area contributed by atoms with Crippen LogP contribution < -0.4 is 5.56 Å². The Morgan fingerprint density at radius 1 is 0.933 bits per heavy atom. The number of aromatic nitrogens is 4. The van der Waals surface area contributed by atoms with Crippen molar-refractivity contribution in [3.63, 3.8) is 0 Å². The van der Waals surface area contributed by atoms with Crippen LogP contribution in [0.5, 0.6) is 0 Å². The maximum absolute atomic E-state index is 13.1. The average Bonchev–Trinajstić information content (AvgIpc) is 3.25. The quantitative estimate of drug-likeness (QED) is 0.372. The molecular weight excluding hydrogens is 444 g/mol. The Kier molecular flexibility index (Phi) is 4.52. The van der Waals surface area contributed by atoms with Gasteiger partial charge in [0.1, 0.15) is 0 Å².